The number of ether oxygens (including phenoxy) is 2. The number of methoxy groups -OCH3 is 2. The van der Waals surface area contributed by atoms with Crippen LogP contribution in [-0.4, -0.2) is 31.5 Å². The first-order chi connectivity index (χ1) is 9.70. The van der Waals surface area contributed by atoms with Crippen LogP contribution in [-0.2, 0) is 15.7 Å². The van der Waals surface area contributed by atoms with Crippen LogP contribution in [0.3, 0.4) is 0 Å². The molecule has 0 spiro atoms. The quantitative estimate of drug-likeness (QED) is 0.497. The number of hydrogen-bond donors (Lipinski definition) is 1. The minimum absolute atomic E-state index is 0.0420. The van der Waals surface area contributed by atoms with Crippen LogP contribution in [0.15, 0.2) is 18.2 Å². The number of benzene rings is 1. The zero-order chi connectivity index (χ0) is 16.2. The summed E-state index contributed by atoms with van der Waals surface area (Å²) in [5, 5.41) is 13.6. The molecule has 118 valence electrons. The van der Waals surface area contributed by atoms with Gasteiger partial charge in [-0.05, 0) is 19.1 Å². The van der Waals surface area contributed by atoms with Crippen LogP contribution in [0.1, 0.15) is 12.5 Å². The summed E-state index contributed by atoms with van der Waals surface area (Å²) in [6.45, 7) is 1.62. The Morgan fingerprint density at radius 1 is 1.29 bits per heavy atom. The molecule has 1 aromatic rings. The Morgan fingerprint density at radius 3 is 2.29 bits per heavy atom. The van der Waals surface area contributed by atoms with E-state index >= 15 is 0 Å². The molecule has 1 aromatic carbocycles. The number of nitro benzene ring substituents is 1. The molecule has 0 aromatic heterocycles. The lowest BCUT2D eigenvalue weighted by Gasteiger charge is -2.23. The number of nitro groups is 1. The van der Waals surface area contributed by atoms with Gasteiger partial charge in [0.05, 0.1) is 16.5 Å². The maximum Gasteiger partial charge on any atom is 0.416 e. The second-order valence-electron chi connectivity index (χ2n) is 4.26. The third-order valence-corrected chi connectivity index (χ3v) is 2.78. The topological polar surface area (TPSA) is 73.6 Å². The van der Waals surface area contributed by atoms with Gasteiger partial charge in [0, 0.05) is 20.3 Å². The van der Waals surface area contributed by atoms with Gasteiger partial charge in [0.2, 0.25) is 0 Å². The fraction of sp³-hybridized carbons (Fsp3) is 0.500. The summed E-state index contributed by atoms with van der Waals surface area (Å²) < 4.78 is 47.7. The summed E-state index contributed by atoms with van der Waals surface area (Å²) in [7, 11) is 2.76. The molecule has 1 rings (SSSR count). The van der Waals surface area contributed by atoms with Crippen molar-refractivity contribution < 1.29 is 27.6 Å². The van der Waals surface area contributed by atoms with Gasteiger partial charge in [-0.1, -0.05) is 0 Å². The van der Waals surface area contributed by atoms with Gasteiger partial charge in [0.1, 0.15) is 5.69 Å². The molecule has 0 aliphatic rings. The molecular formula is C12H15F3N2O4. The monoisotopic (exact) mass is 308 g/mol. The zero-order valence-corrected chi connectivity index (χ0v) is 11.6. The molecule has 0 radical (unpaired) electrons. The Bertz CT molecular complexity index is 504. The number of nitrogens with zero attached hydrogens (tertiary/aromatic N) is 1. The summed E-state index contributed by atoms with van der Waals surface area (Å²) in [4.78, 5) is 10.1. The van der Waals surface area contributed by atoms with Crippen molar-refractivity contribution in [2.24, 2.45) is 0 Å². The fourth-order valence-electron chi connectivity index (χ4n) is 1.80. The molecular weight excluding hydrogens is 293 g/mol. The smallest absolute Gasteiger partial charge is 0.372 e. The van der Waals surface area contributed by atoms with E-state index in [2.05, 4.69) is 5.32 Å². The molecule has 0 amide bonds. The first kappa shape index (κ1) is 17.2. The molecule has 0 bridgehead atoms. The van der Waals surface area contributed by atoms with Crippen molar-refractivity contribution in [1.29, 1.82) is 0 Å². The zero-order valence-electron chi connectivity index (χ0n) is 11.6. The molecule has 0 saturated heterocycles. The Labute approximate surface area is 119 Å². The van der Waals surface area contributed by atoms with Gasteiger partial charge in [-0.25, -0.2) is 0 Å². The van der Waals surface area contributed by atoms with Gasteiger partial charge < -0.3 is 14.8 Å². The average molecular weight is 308 g/mol. The third kappa shape index (κ3) is 4.30. The van der Waals surface area contributed by atoms with E-state index in [0.29, 0.717) is 6.07 Å². The van der Waals surface area contributed by atoms with Gasteiger partial charge in [0.25, 0.3) is 5.69 Å². The Hall–Kier alpha value is -1.87. The van der Waals surface area contributed by atoms with E-state index in [1.807, 2.05) is 0 Å². The van der Waals surface area contributed by atoms with E-state index in [1.54, 1.807) is 6.92 Å². The number of rotatable bonds is 6. The van der Waals surface area contributed by atoms with E-state index in [1.165, 1.54) is 14.2 Å². The number of alkyl halides is 3. The molecule has 1 N–H and O–H groups in total. The Kier molecular flexibility index (Phi) is 5.50. The molecule has 0 saturated carbocycles. The number of anilines is 1. The van der Waals surface area contributed by atoms with Gasteiger partial charge in [-0.15, -0.1) is 0 Å². The van der Waals surface area contributed by atoms with Gasteiger partial charge in [-0.3, -0.25) is 10.1 Å². The van der Waals surface area contributed by atoms with Crippen molar-refractivity contribution in [1.82, 2.24) is 0 Å². The van der Waals surface area contributed by atoms with Crippen LogP contribution in [0.5, 0.6) is 0 Å². The molecule has 0 fully saturated rings. The van der Waals surface area contributed by atoms with Gasteiger partial charge >= 0.3 is 6.18 Å². The van der Waals surface area contributed by atoms with Crippen molar-refractivity contribution >= 4 is 11.4 Å². The van der Waals surface area contributed by atoms with E-state index < -0.39 is 34.7 Å². The van der Waals surface area contributed by atoms with Crippen LogP contribution in [0.2, 0.25) is 0 Å². The molecule has 6 nitrogen and oxygen atoms in total. The molecule has 0 aliphatic carbocycles. The molecule has 0 aliphatic heterocycles. The maximum atomic E-state index is 12.6. The number of hydrogen-bond acceptors (Lipinski definition) is 5. The van der Waals surface area contributed by atoms with Crippen molar-refractivity contribution in [3.63, 3.8) is 0 Å². The van der Waals surface area contributed by atoms with Crippen molar-refractivity contribution in [3.8, 4) is 0 Å². The molecule has 0 heterocycles. The second kappa shape index (κ2) is 6.72. The highest BCUT2D eigenvalue weighted by Gasteiger charge is 2.33. The maximum absolute atomic E-state index is 12.6. The Balaban J connectivity index is 3.10. The van der Waals surface area contributed by atoms with E-state index in [4.69, 9.17) is 9.47 Å². The van der Waals surface area contributed by atoms with E-state index in [0.717, 1.165) is 12.1 Å². The highest BCUT2D eigenvalue weighted by atomic mass is 19.4. The van der Waals surface area contributed by atoms with Crippen molar-refractivity contribution in [3.05, 3.63) is 33.9 Å². The molecule has 9 heteroatoms. The average Bonchev–Trinajstić information content (AvgIpc) is 2.38. The second-order valence-corrected chi connectivity index (χ2v) is 4.26. The van der Waals surface area contributed by atoms with Crippen molar-refractivity contribution in [2.75, 3.05) is 19.5 Å². The predicted octanol–water partition coefficient (Wildman–Crippen LogP) is 3.03. The van der Waals surface area contributed by atoms with Crippen molar-refractivity contribution in [2.45, 2.75) is 25.4 Å². The summed E-state index contributed by atoms with van der Waals surface area (Å²) in [6.07, 6.45) is -5.34. The van der Waals surface area contributed by atoms with Crippen LogP contribution in [0.4, 0.5) is 24.5 Å². The van der Waals surface area contributed by atoms with Gasteiger partial charge in [0.15, 0.2) is 6.29 Å². The van der Waals surface area contributed by atoms with E-state index in [-0.39, 0.29) is 5.69 Å². The lowest BCUT2D eigenvalue weighted by Crippen LogP contribution is -2.34. The summed E-state index contributed by atoms with van der Waals surface area (Å²) in [5.41, 5.74) is -1.79. The first-order valence-electron chi connectivity index (χ1n) is 5.88. The SMILES string of the molecule is COC(OC)C(C)Nc1ccc(C(F)(F)F)cc1[N+](=O)[O-]. The summed E-state index contributed by atoms with van der Waals surface area (Å²) >= 11 is 0. The first-order valence-corrected chi connectivity index (χ1v) is 5.88. The van der Waals surface area contributed by atoms with Crippen LogP contribution < -0.4 is 5.32 Å². The Morgan fingerprint density at radius 2 is 1.86 bits per heavy atom. The summed E-state index contributed by atoms with van der Waals surface area (Å²) in [5.74, 6) is 0. The highest BCUT2D eigenvalue weighted by molar-refractivity contribution is 5.63. The largest absolute Gasteiger partial charge is 0.416 e. The fourth-order valence-corrected chi connectivity index (χ4v) is 1.80. The predicted molar refractivity (Wildman–Crippen MR) is 69.0 cm³/mol. The number of halogens is 3. The molecule has 21 heavy (non-hydrogen) atoms. The minimum Gasteiger partial charge on any atom is -0.372 e. The lowest BCUT2D eigenvalue weighted by atomic mass is 10.1. The number of nitrogens with one attached hydrogen (secondary N) is 1. The van der Waals surface area contributed by atoms with Gasteiger partial charge in [-0.2, -0.15) is 13.2 Å². The normalized spacial score (nSPS) is 13.3. The lowest BCUT2D eigenvalue weighted by molar-refractivity contribution is -0.384. The van der Waals surface area contributed by atoms with Crippen LogP contribution in [0.25, 0.3) is 0 Å². The third-order valence-electron chi connectivity index (χ3n) is 2.78. The van der Waals surface area contributed by atoms with E-state index in [9.17, 15) is 23.3 Å². The standard InChI is InChI=1S/C12H15F3N2O4/c1-7(11(20-2)21-3)16-9-5-4-8(12(13,14)15)6-10(9)17(18)19/h4-7,11,16H,1-3H3. The van der Waals surface area contributed by atoms with Crippen LogP contribution >= 0.6 is 0 Å². The molecule has 1 unspecified atom stereocenters. The summed E-state index contributed by atoms with van der Waals surface area (Å²) in [6, 6.07) is 1.77. The van der Waals surface area contributed by atoms with Crippen LogP contribution in [0, 0.1) is 10.1 Å². The minimum atomic E-state index is -4.64. The molecule has 1 atom stereocenters. The highest BCUT2D eigenvalue weighted by Crippen LogP contribution is 2.35.